The maximum atomic E-state index is 4.69. The van der Waals surface area contributed by atoms with Crippen LogP contribution in [0.15, 0.2) is 54.6 Å². The highest BCUT2D eigenvalue weighted by atomic mass is 32.1. The SMILES string of the molecule is c1cc(-c2ccc3nncn3c2)nc(-c2cncs2)c1. The summed E-state index contributed by atoms with van der Waals surface area (Å²) in [6.07, 6.45) is 5.50. The van der Waals surface area contributed by atoms with Crippen LogP contribution in [0.1, 0.15) is 0 Å². The van der Waals surface area contributed by atoms with E-state index in [1.165, 1.54) is 0 Å². The molecule has 4 aromatic heterocycles. The average Bonchev–Trinajstić information content (AvgIpc) is 3.18. The number of hydrogen-bond donors (Lipinski definition) is 0. The van der Waals surface area contributed by atoms with Gasteiger partial charge in [0.05, 0.1) is 21.8 Å². The molecule has 0 spiro atoms. The largest absolute Gasteiger partial charge is 0.288 e. The number of aromatic nitrogens is 5. The van der Waals surface area contributed by atoms with Gasteiger partial charge in [-0.3, -0.25) is 9.38 Å². The molecule has 0 aliphatic heterocycles. The second-order valence-corrected chi connectivity index (χ2v) is 5.17. The lowest BCUT2D eigenvalue weighted by Gasteiger charge is -2.03. The van der Waals surface area contributed by atoms with Crippen LogP contribution in [-0.2, 0) is 0 Å². The topological polar surface area (TPSA) is 56.0 Å². The Balaban J connectivity index is 1.83. The van der Waals surface area contributed by atoms with Gasteiger partial charge in [0, 0.05) is 18.0 Å². The molecule has 4 rings (SSSR count). The minimum atomic E-state index is 0.826. The van der Waals surface area contributed by atoms with Crippen LogP contribution < -0.4 is 0 Å². The predicted molar refractivity (Wildman–Crippen MR) is 77.3 cm³/mol. The lowest BCUT2D eigenvalue weighted by Crippen LogP contribution is -1.89. The van der Waals surface area contributed by atoms with Crippen LogP contribution in [0.3, 0.4) is 0 Å². The minimum Gasteiger partial charge on any atom is -0.288 e. The first-order valence-electron chi connectivity index (χ1n) is 6.06. The molecule has 0 unspecified atom stereocenters. The molecule has 0 atom stereocenters. The van der Waals surface area contributed by atoms with E-state index in [-0.39, 0.29) is 0 Å². The third-order valence-corrected chi connectivity index (χ3v) is 3.82. The van der Waals surface area contributed by atoms with Crippen molar-refractivity contribution in [2.75, 3.05) is 0 Å². The van der Waals surface area contributed by atoms with E-state index in [9.17, 15) is 0 Å². The Hall–Kier alpha value is -2.60. The molecule has 6 heteroatoms. The molecule has 0 fully saturated rings. The van der Waals surface area contributed by atoms with E-state index in [0.29, 0.717) is 0 Å². The Kier molecular flexibility index (Phi) is 2.53. The van der Waals surface area contributed by atoms with Crippen LogP contribution in [-0.4, -0.2) is 24.6 Å². The van der Waals surface area contributed by atoms with Crippen LogP contribution in [0.25, 0.3) is 27.5 Å². The zero-order valence-corrected chi connectivity index (χ0v) is 11.2. The van der Waals surface area contributed by atoms with E-state index < -0.39 is 0 Å². The van der Waals surface area contributed by atoms with Crippen molar-refractivity contribution in [2.45, 2.75) is 0 Å². The van der Waals surface area contributed by atoms with E-state index in [0.717, 1.165) is 27.5 Å². The van der Waals surface area contributed by atoms with Crippen molar-refractivity contribution in [2.24, 2.45) is 0 Å². The minimum absolute atomic E-state index is 0.826. The fraction of sp³-hybridized carbons (Fsp3) is 0. The maximum absolute atomic E-state index is 4.69. The maximum Gasteiger partial charge on any atom is 0.160 e. The molecule has 4 heterocycles. The van der Waals surface area contributed by atoms with Gasteiger partial charge in [-0.1, -0.05) is 6.07 Å². The number of pyridine rings is 2. The summed E-state index contributed by atoms with van der Waals surface area (Å²) >= 11 is 1.59. The summed E-state index contributed by atoms with van der Waals surface area (Å²) in [5.41, 5.74) is 5.53. The first kappa shape index (κ1) is 11.2. The van der Waals surface area contributed by atoms with E-state index in [1.807, 2.05) is 52.6 Å². The van der Waals surface area contributed by atoms with Gasteiger partial charge in [0.15, 0.2) is 5.65 Å². The number of thiazole rings is 1. The van der Waals surface area contributed by atoms with Gasteiger partial charge in [0.2, 0.25) is 0 Å². The summed E-state index contributed by atoms with van der Waals surface area (Å²) < 4.78 is 1.89. The summed E-state index contributed by atoms with van der Waals surface area (Å²) in [4.78, 5) is 9.85. The summed E-state index contributed by atoms with van der Waals surface area (Å²) in [5, 5.41) is 7.88. The fourth-order valence-electron chi connectivity index (χ4n) is 2.05. The van der Waals surface area contributed by atoms with Gasteiger partial charge < -0.3 is 0 Å². The van der Waals surface area contributed by atoms with Crippen LogP contribution in [0, 0.1) is 0 Å². The van der Waals surface area contributed by atoms with Gasteiger partial charge in [-0.25, -0.2) is 4.98 Å². The van der Waals surface area contributed by atoms with Crippen LogP contribution in [0.4, 0.5) is 0 Å². The third kappa shape index (κ3) is 1.86. The van der Waals surface area contributed by atoms with Gasteiger partial charge in [-0.05, 0) is 24.3 Å². The van der Waals surface area contributed by atoms with Crippen molar-refractivity contribution >= 4 is 17.0 Å². The molecule has 0 N–H and O–H groups in total. The van der Waals surface area contributed by atoms with Crippen LogP contribution in [0.2, 0.25) is 0 Å². The number of fused-ring (bicyclic) bond motifs is 1. The van der Waals surface area contributed by atoms with Crippen molar-refractivity contribution in [3.05, 3.63) is 54.6 Å². The van der Waals surface area contributed by atoms with Crippen molar-refractivity contribution in [1.82, 2.24) is 24.6 Å². The van der Waals surface area contributed by atoms with Crippen molar-refractivity contribution in [3.63, 3.8) is 0 Å². The number of rotatable bonds is 2. The zero-order valence-electron chi connectivity index (χ0n) is 10.3. The monoisotopic (exact) mass is 279 g/mol. The van der Waals surface area contributed by atoms with Crippen LogP contribution in [0.5, 0.6) is 0 Å². The van der Waals surface area contributed by atoms with E-state index in [1.54, 1.807) is 17.7 Å². The molecule has 0 saturated heterocycles. The molecule has 96 valence electrons. The number of nitrogens with zero attached hydrogens (tertiary/aromatic N) is 5. The Morgan fingerprint density at radius 1 is 1.05 bits per heavy atom. The molecule has 20 heavy (non-hydrogen) atoms. The quantitative estimate of drug-likeness (QED) is 0.566. The predicted octanol–water partition coefficient (Wildman–Crippen LogP) is 2.91. The summed E-state index contributed by atoms with van der Waals surface area (Å²) in [6, 6.07) is 9.93. The van der Waals surface area contributed by atoms with Gasteiger partial charge >= 0.3 is 0 Å². The molecule has 5 nitrogen and oxygen atoms in total. The number of hydrogen-bond acceptors (Lipinski definition) is 5. The zero-order chi connectivity index (χ0) is 13.4. The normalized spacial score (nSPS) is 11.0. The molecule has 4 aromatic rings. The van der Waals surface area contributed by atoms with Crippen LogP contribution >= 0.6 is 11.3 Å². The molecular weight excluding hydrogens is 270 g/mol. The van der Waals surface area contributed by atoms with Crippen molar-refractivity contribution in [1.29, 1.82) is 0 Å². The molecule has 0 aromatic carbocycles. The Morgan fingerprint density at radius 2 is 2.00 bits per heavy atom. The summed E-state index contributed by atoms with van der Waals surface area (Å²) in [6.45, 7) is 0. The second-order valence-electron chi connectivity index (χ2n) is 4.29. The first-order valence-corrected chi connectivity index (χ1v) is 6.94. The lowest BCUT2D eigenvalue weighted by molar-refractivity contribution is 1.10. The molecule has 0 amide bonds. The molecule has 0 bridgehead atoms. The molecule has 0 aliphatic carbocycles. The summed E-state index contributed by atoms with van der Waals surface area (Å²) in [5.74, 6) is 0. The molecular formula is C14H9N5S. The highest BCUT2D eigenvalue weighted by molar-refractivity contribution is 7.13. The first-order chi connectivity index (χ1) is 9.90. The lowest BCUT2D eigenvalue weighted by atomic mass is 10.2. The standard InChI is InChI=1S/C14H9N5S/c1-2-11(17-12(3-1)13-6-15-9-20-13)10-4-5-14-18-16-8-19(14)7-10/h1-9H. The van der Waals surface area contributed by atoms with E-state index in [2.05, 4.69) is 15.2 Å². The fourth-order valence-corrected chi connectivity index (χ4v) is 2.65. The Labute approximate surface area is 118 Å². The molecule has 0 aliphatic rings. The molecule has 0 saturated carbocycles. The highest BCUT2D eigenvalue weighted by Gasteiger charge is 2.05. The van der Waals surface area contributed by atoms with E-state index in [4.69, 9.17) is 4.98 Å². The van der Waals surface area contributed by atoms with Crippen molar-refractivity contribution in [3.8, 4) is 21.8 Å². The second kappa shape index (κ2) is 4.50. The van der Waals surface area contributed by atoms with Gasteiger partial charge in [0.1, 0.15) is 6.33 Å². The van der Waals surface area contributed by atoms with Crippen molar-refractivity contribution < 1.29 is 0 Å². The Morgan fingerprint density at radius 3 is 2.90 bits per heavy atom. The third-order valence-electron chi connectivity index (χ3n) is 3.02. The van der Waals surface area contributed by atoms with Gasteiger partial charge in [-0.2, -0.15) is 0 Å². The Bertz CT molecular complexity index is 866. The average molecular weight is 279 g/mol. The van der Waals surface area contributed by atoms with Gasteiger partial charge in [0.25, 0.3) is 0 Å². The highest BCUT2D eigenvalue weighted by Crippen LogP contribution is 2.24. The summed E-state index contributed by atoms with van der Waals surface area (Å²) in [7, 11) is 0. The van der Waals surface area contributed by atoms with E-state index >= 15 is 0 Å². The molecule has 0 radical (unpaired) electrons. The van der Waals surface area contributed by atoms with Gasteiger partial charge in [-0.15, -0.1) is 21.5 Å². The smallest absolute Gasteiger partial charge is 0.160 e.